The number of aliphatic hydroxyl groups is 1. The van der Waals surface area contributed by atoms with Crippen LogP contribution in [0.1, 0.15) is 12.5 Å². The van der Waals surface area contributed by atoms with Gasteiger partial charge in [0.25, 0.3) is 0 Å². The van der Waals surface area contributed by atoms with E-state index in [4.69, 9.17) is 14.7 Å². The molecule has 0 saturated carbocycles. The Balaban J connectivity index is 1.87. The van der Waals surface area contributed by atoms with Crippen molar-refractivity contribution >= 4 is 5.69 Å². The molecule has 1 heterocycles. The van der Waals surface area contributed by atoms with Crippen LogP contribution >= 0.6 is 0 Å². The zero-order valence-electron chi connectivity index (χ0n) is 12.2. The number of nitrogens with one attached hydrogen (secondary N) is 1. The van der Waals surface area contributed by atoms with Gasteiger partial charge in [0, 0.05) is 19.6 Å². The third kappa shape index (κ3) is 4.90. The van der Waals surface area contributed by atoms with Gasteiger partial charge >= 0.3 is 0 Å². The molecule has 0 bridgehead atoms. The van der Waals surface area contributed by atoms with Gasteiger partial charge in [-0.1, -0.05) is 0 Å². The summed E-state index contributed by atoms with van der Waals surface area (Å²) < 4.78 is 11.0. The highest BCUT2D eigenvalue weighted by Crippen LogP contribution is 2.22. The van der Waals surface area contributed by atoms with Gasteiger partial charge in [-0.3, -0.25) is 4.90 Å². The summed E-state index contributed by atoms with van der Waals surface area (Å²) in [6, 6.07) is 7.33. The quantitative estimate of drug-likeness (QED) is 0.762. The van der Waals surface area contributed by atoms with Crippen LogP contribution in [0.25, 0.3) is 0 Å². The minimum atomic E-state index is -0.704. The van der Waals surface area contributed by atoms with E-state index in [-0.39, 0.29) is 0 Å². The van der Waals surface area contributed by atoms with E-state index in [0.717, 1.165) is 32.8 Å². The highest BCUT2D eigenvalue weighted by molar-refractivity contribution is 5.60. The Hall–Kier alpha value is -1.81. The lowest BCUT2D eigenvalue weighted by Crippen LogP contribution is -2.38. The Morgan fingerprint density at radius 2 is 2.24 bits per heavy atom. The summed E-state index contributed by atoms with van der Waals surface area (Å²) in [5.41, 5.74) is 1.06. The van der Waals surface area contributed by atoms with Crippen molar-refractivity contribution in [2.45, 2.75) is 13.2 Å². The van der Waals surface area contributed by atoms with Crippen molar-refractivity contribution in [2.24, 2.45) is 0 Å². The topological polar surface area (TPSA) is 77.8 Å². The Labute approximate surface area is 124 Å². The zero-order valence-corrected chi connectivity index (χ0v) is 12.2. The number of nitrogens with zero attached hydrogens (tertiary/aromatic N) is 2. The van der Waals surface area contributed by atoms with E-state index < -0.39 is 6.23 Å². The van der Waals surface area contributed by atoms with E-state index in [1.807, 2.05) is 0 Å². The molecule has 2 N–H and O–H groups in total. The maximum absolute atomic E-state index is 9.31. The van der Waals surface area contributed by atoms with E-state index in [9.17, 15) is 5.11 Å². The molecule has 114 valence electrons. The van der Waals surface area contributed by atoms with Gasteiger partial charge in [0.2, 0.25) is 0 Å². The molecule has 1 aliphatic rings. The molecule has 6 heteroatoms. The molecule has 0 aliphatic carbocycles. The van der Waals surface area contributed by atoms with Crippen LogP contribution in [-0.2, 0) is 4.74 Å². The van der Waals surface area contributed by atoms with E-state index >= 15 is 0 Å². The lowest BCUT2D eigenvalue weighted by molar-refractivity contribution is 0.0322. The molecule has 21 heavy (non-hydrogen) atoms. The SMILES string of the molecule is C[C@@H](O)Nc1ccc(OCCN2CCOCC2)cc1C#N. The van der Waals surface area contributed by atoms with Crippen LogP contribution in [0.3, 0.4) is 0 Å². The normalized spacial score (nSPS) is 17.0. The summed E-state index contributed by atoms with van der Waals surface area (Å²) in [5, 5.41) is 21.3. The van der Waals surface area contributed by atoms with Crippen LogP contribution in [0.5, 0.6) is 5.75 Å². The Kier molecular flexibility index (Phi) is 5.81. The second kappa shape index (κ2) is 7.84. The number of hydrogen-bond acceptors (Lipinski definition) is 6. The van der Waals surface area contributed by atoms with Crippen LogP contribution in [-0.4, -0.2) is 55.7 Å². The van der Waals surface area contributed by atoms with Crippen LogP contribution in [0.15, 0.2) is 18.2 Å². The van der Waals surface area contributed by atoms with Crippen molar-refractivity contribution in [1.29, 1.82) is 5.26 Å². The highest BCUT2D eigenvalue weighted by Gasteiger charge is 2.10. The molecule has 2 rings (SSSR count). The summed E-state index contributed by atoms with van der Waals surface area (Å²) in [7, 11) is 0. The number of nitriles is 1. The first-order valence-electron chi connectivity index (χ1n) is 7.10. The Morgan fingerprint density at radius 1 is 1.48 bits per heavy atom. The summed E-state index contributed by atoms with van der Waals surface area (Å²) in [4.78, 5) is 2.29. The summed E-state index contributed by atoms with van der Waals surface area (Å²) >= 11 is 0. The van der Waals surface area contributed by atoms with Crippen LogP contribution in [0, 0.1) is 11.3 Å². The van der Waals surface area contributed by atoms with E-state index in [0.29, 0.717) is 23.6 Å². The fourth-order valence-electron chi connectivity index (χ4n) is 2.17. The average molecular weight is 291 g/mol. The first-order valence-corrected chi connectivity index (χ1v) is 7.10. The molecule has 1 aromatic rings. The number of hydrogen-bond donors (Lipinski definition) is 2. The lowest BCUT2D eigenvalue weighted by atomic mass is 10.2. The van der Waals surface area contributed by atoms with Gasteiger partial charge in [-0.15, -0.1) is 0 Å². The number of rotatable bonds is 6. The van der Waals surface area contributed by atoms with Crippen molar-refractivity contribution < 1.29 is 14.6 Å². The molecule has 1 aliphatic heterocycles. The lowest BCUT2D eigenvalue weighted by Gasteiger charge is -2.26. The van der Waals surface area contributed by atoms with Crippen molar-refractivity contribution in [3.63, 3.8) is 0 Å². The van der Waals surface area contributed by atoms with E-state index in [1.165, 1.54) is 0 Å². The molecule has 0 amide bonds. The Bertz CT molecular complexity index is 493. The first-order chi connectivity index (χ1) is 10.2. The van der Waals surface area contributed by atoms with Crippen molar-refractivity contribution in [2.75, 3.05) is 44.8 Å². The molecule has 1 atom stereocenters. The predicted molar refractivity (Wildman–Crippen MR) is 79.2 cm³/mol. The molecule has 1 fully saturated rings. The second-order valence-corrected chi connectivity index (χ2v) is 4.94. The van der Waals surface area contributed by atoms with Gasteiger partial charge < -0.3 is 19.9 Å². The van der Waals surface area contributed by atoms with Gasteiger partial charge in [0.15, 0.2) is 0 Å². The van der Waals surface area contributed by atoms with E-state index in [2.05, 4.69) is 16.3 Å². The maximum atomic E-state index is 9.31. The molecular formula is C15H21N3O3. The van der Waals surface area contributed by atoms with Crippen molar-refractivity contribution in [1.82, 2.24) is 4.90 Å². The van der Waals surface area contributed by atoms with Gasteiger partial charge in [-0.05, 0) is 25.1 Å². The smallest absolute Gasteiger partial charge is 0.121 e. The van der Waals surface area contributed by atoms with Crippen LogP contribution < -0.4 is 10.1 Å². The van der Waals surface area contributed by atoms with Gasteiger partial charge in [-0.2, -0.15) is 5.26 Å². The monoisotopic (exact) mass is 291 g/mol. The van der Waals surface area contributed by atoms with Crippen LogP contribution in [0.2, 0.25) is 0 Å². The predicted octanol–water partition coefficient (Wildman–Crippen LogP) is 1.02. The largest absolute Gasteiger partial charge is 0.492 e. The van der Waals surface area contributed by atoms with Crippen LogP contribution in [0.4, 0.5) is 5.69 Å². The number of anilines is 1. The highest BCUT2D eigenvalue weighted by atomic mass is 16.5. The third-order valence-corrected chi connectivity index (χ3v) is 3.26. The average Bonchev–Trinajstić information content (AvgIpc) is 2.49. The zero-order chi connectivity index (χ0) is 15.1. The number of benzene rings is 1. The van der Waals surface area contributed by atoms with Gasteiger partial charge in [-0.25, -0.2) is 0 Å². The van der Waals surface area contributed by atoms with Gasteiger partial charge in [0.05, 0.1) is 24.5 Å². The minimum Gasteiger partial charge on any atom is -0.492 e. The van der Waals surface area contributed by atoms with Crippen molar-refractivity contribution in [3.05, 3.63) is 23.8 Å². The number of aliphatic hydroxyl groups excluding tert-OH is 1. The fraction of sp³-hybridized carbons (Fsp3) is 0.533. The molecule has 1 saturated heterocycles. The third-order valence-electron chi connectivity index (χ3n) is 3.26. The molecule has 1 aromatic carbocycles. The van der Waals surface area contributed by atoms with Crippen molar-refractivity contribution in [3.8, 4) is 11.8 Å². The fourth-order valence-corrected chi connectivity index (χ4v) is 2.17. The summed E-state index contributed by atoms with van der Waals surface area (Å²) in [6.07, 6.45) is -0.704. The van der Waals surface area contributed by atoms with E-state index in [1.54, 1.807) is 25.1 Å². The summed E-state index contributed by atoms with van der Waals surface area (Å²) in [5.74, 6) is 0.663. The number of morpholine rings is 1. The minimum absolute atomic E-state index is 0.458. The molecule has 0 radical (unpaired) electrons. The summed E-state index contributed by atoms with van der Waals surface area (Å²) in [6.45, 7) is 6.45. The maximum Gasteiger partial charge on any atom is 0.121 e. The molecule has 6 nitrogen and oxygen atoms in total. The first kappa shape index (κ1) is 15.6. The molecular weight excluding hydrogens is 270 g/mol. The van der Waals surface area contributed by atoms with Gasteiger partial charge in [0.1, 0.15) is 24.7 Å². The Morgan fingerprint density at radius 3 is 2.90 bits per heavy atom. The number of ether oxygens (including phenoxy) is 2. The standard InChI is InChI=1S/C15H21N3O3/c1-12(19)17-15-3-2-14(10-13(15)11-16)21-9-6-18-4-7-20-8-5-18/h2-3,10,12,17,19H,4-9H2,1H3/t12-/m1/s1. The molecule has 0 aromatic heterocycles. The molecule has 0 unspecified atom stereocenters. The molecule has 0 spiro atoms. The second-order valence-electron chi connectivity index (χ2n) is 4.94.